The molecule has 2 atom stereocenters. The van der Waals surface area contributed by atoms with E-state index in [1.54, 1.807) is 0 Å². The second-order valence-corrected chi connectivity index (χ2v) is 12.8. The third kappa shape index (κ3) is 4.58. The van der Waals surface area contributed by atoms with Crippen molar-refractivity contribution in [3.63, 3.8) is 0 Å². The van der Waals surface area contributed by atoms with E-state index in [1.807, 2.05) is 18.2 Å². The normalized spacial score (nSPS) is 16.4. The first kappa shape index (κ1) is 27.8. The molecule has 232 valence electrons. The number of furan rings is 1. The monoisotopic (exact) mass is 629 g/mol. The molecular formula is C46H31NO2. The lowest BCUT2D eigenvalue weighted by Gasteiger charge is -2.27. The summed E-state index contributed by atoms with van der Waals surface area (Å²) in [6, 6.07) is 56.0. The largest absolute Gasteiger partial charge is 0.485 e. The van der Waals surface area contributed by atoms with Crippen molar-refractivity contribution in [2.45, 2.75) is 12.0 Å². The number of para-hydroxylation sites is 3. The molecule has 49 heavy (non-hydrogen) atoms. The highest BCUT2D eigenvalue weighted by Gasteiger charge is 2.33. The van der Waals surface area contributed by atoms with E-state index in [1.165, 1.54) is 27.5 Å². The molecule has 3 heteroatoms. The van der Waals surface area contributed by atoms with E-state index in [0.717, 1.165) is 55.9 Å². The van der Waals surface area contributed by atoms with Gasteiger partial charge in [0.1, 0.15) is 23.0 Å². The zero-order valence-electron chi connectivity index (χ0n) is 26.7. The SMILES string of the molecule is C1=CC2Oc3ccccc3C2C=C1c1ccc(N(c2ccc(-c3cccc4c3oc3ccccc34)cc2)c2cccc3ccccc23)cc1. The summed E-state index contributed by atoms with van der Waals surface area (Å²) in [7, 11) is 0. The molecule has 0 spiro atoms. The van der Waals surface area contributed by atoms with E-state index in [9.17, 15) is 0 Å². The minimum atomic E-state index is 0.0593. The minimum Gasteiger partial charge on any atom is -0.485 e. The molecule has 2 unspecified atom stereocenters. The van der Waals surface area contributed by atoms with E-state index >= 15 is 0 Å². The third-order valence-electron chi connectivity index (χ3n) is 10.0. The van der Waals surface area contributed by atoms with Crippen molar-refractivity contribution < 1.29 is 9.15 Å². The zero-order valence-corrected chi connectivity index (χ0v) is 26.7. The van der Waals surface area contributed by atoms with Crippen molar-refractivity contribution in [2.24, 2.45) is 0 Å². The van der Waals surface area contributed by atoms with Crippen LogP contribution < -0.4 is 9.64 Å². The number of ether oxygens (including phenoxy) is 1. The fourth-order valence-electron chi connectivity index (χ4n) is 7.64. The van der Waals surface area contributed by atoms with Crippen molar-refractivity contribution in [2.75, 3.05) is 4.90 Å². The fourth-order valence-corrected chi connectivity index (χ4v) is 7.64. The van der Waals surface area contributed by atoms with Crippen molar-refractivity contribution in [3.8, 4) is 16.9 Å². The lowest BCUT2D eigenvalue weighted by atomic mass is 9.87. The molecule has 0 fully saturated rings. The Morgan fingerprint density at radius 2 is 1.20 bits per heavy atom. The van der Waals surface area contributed by atoms with Gasteiger partial charge in [-0.3, -0.25) is 0 Å². The Labute approximate surface area is 284 Å². The minimum absolute atomic E-state index is 0.0593. The number of allylic oxidation sites excluding steroid dienone is 2. The molecular weight excluding hydrogens is 599 g/mol. The van der Waals surface area contributed by atoms with Gasteiger partial charge < -0.3 is 14.1 Å². The van der Waals surface area contributed by atoms with Gasteiger partial charge in [0.25, 0.3) is 0 Å². The van der Waals surface area contributed by atoms with Crippen LogP contribution in [-0.2, 0) is 0 Å². The van der Waals surface area contributed by atoms with E-state index in [2.05, 4.69) is 163 Å². The highest BCUT2D eigenvalue weighted by atomic mass is 16.5. The van der Waals surface area contributed by atoms with Crippen molar-refractivity contribution in [1.82, 2.24) is 0 Å². The Morgan fingerprint density at radius 1 is 0.531 bits per heavy atom. The first-order valence-corrected chi connectivity index (χ1v) is 16.8. The maximum atomic E-state index is 6.38. The zero-order chi connectivity index (χ0) is 32.3. The molecule has 0 saturated heterocycles. The van der Waals surface area contributed by atoms with Gasteiger partial charge in [0, 0.05) is 44.6 Å². The molecule has 1 aromatic heterocycles. The van der Waals surface area contributed by atoms with Gasteiger partial charge in [-0.25, -0.2) is 0 Å². The molecule has 1 aliphatic carbocycles. The predicted octanol–water partition coefficient (Wildman–Crippen LogP) is 12.4. The van der Waals surface area contributed by atoms with E-state index in [4.69, 9.17) is 9.15 Å². The number of nitrogens with zero attached hydrogens (tertiary/aromatic N) is 1. The van der Waals surface area contributed by atoms with Gasteiger partial charge in [0.15, 0.2) is 0 Å². The number of rotatable bonds is 5. The second kappa shape index (κ2) is 11.1. The molecule has 0 radical (unpaired) electrons. The standard InChI is InChI=1S/C46H31NO2/c1-2-11-36-31(9-1)10-7-16-42(36)47(34-24-19-30(20-25-34)33-23-28-45-41(29-33)39-13-4-5-17-43(39)48-45)35-26-21-32(22-27-35)37-14-8-15-40-38-12-3-6-18-44(38)49-46(37)40/h1-29,41,45H. The van der Waals surface area contributed by atoms with Crippen LogP contribution >= 0.6 is 0 Å². The van der Waals surface area contributed by atoms with E-state index < -0.39 is 0 Å². The molecule has 0 N–H and O–H groups in total. The molecule has 7 aromatic carbocycles. The Bertz CT molecular complexity index is 2590. The summed E-state index contributed by atoms with van der Waals surface area (Å²) in [5.41, 5.74) is 11.0. The third-order valence-corrected chi connectivity index (χ3v) is 10.0. The lowest BCUT2D eigenvalue weighted by molar-refractivity contribution is 0.269. The number of hydrogen-bond acceptors (Lipinski definition) is 3. The van der Waals surface area contributed by atoms with Crippen molar-refractivity contribution in [3.05, 3.63) is 187 Å². The van der Waals surface area contributed by atoms with Crippen LogP contribution in [0.3, 0.4) is 0 Å². The first-order chi connectivity index (χ1) is 24.3. The maximum absolute atomic E-state index is 6.38. The van der Waals surface area contributed by atoms with Gasteiger partial charge in [0.05, 0.1) is 5.69 Å². The van der Waals surface area contributed by atoms with Gasteiger partial charge in [-0.05, 0) is 70.6 Å². The molecule has 2 aliphatic rings. The summed E-state index contributed by atoms with van der Waals surface area (Å²) >= 11 is 0. The van der Waals surface area contributed by atoms with Gasteiger partial charge in [-0.1, -0.05) is 127 Å². The van der Waals surface area contributed by atoms with Crippen LogP contribution in [0.15, 0.2) is 180 Å². The average Bonchev–Trinajstić information content (AvgIpc) is 3.74. The fraction of sp³-hybridized carbons (Fsp3) is 0.0435. The average molecular weight is 630 g/mol. The lowest BCUT2D eigenvalue weighted by Crippen LogP contribution is -2.17. The molecule has 0 bridgehead atoms. The van der Waals surface area contributed by atoms with Gasteiger partial charge >= 0.3 is 0 Å². The number of anilines is 3. The summed E-state index contributed by atoms with van der Waals surface area (Å²) in [5.74, 6) is 1.22. The molecule has 1 aliphatic heterocycles. The van der Waals surface area contributed by atoms with Crippen LogP contribution in [0.5, 0.6) is 5.75 Å². The van der Waals surface area contributed by atoms with Gasteiger partial charge in [-0.2, -0.15) is 0 Å². The molecule has 2 heterocycles. The highest BCUT2D eigenvalue weighted by Crippen LogP contribution is 2.45. The highest BCUT2D eigenvalue weighted by molar-refractivity contribution is 6.09. The van der Waals surface area contributed by atoms with E-state index in [0.29, 0.717) is 0 Å². The number of benzene rings is 7. The summed E-state index contributed by atoms with van der Waals surface area (Å²) in [5, 5.41) is 4.69. The summed E-state index contributed by atoms with van der Waals surface area (Å²) < 4.78 is 12.6. The van der Waals surface area contributed by atoms with Gasteiger partial charge in [-0.15, -0.1) is 0 Å². The Balaban J connectivity index is 1.05. The van der Waals surface area contributed by atoms with Crippen LogP contribution in [0.1, 0.15) is 17.0 Å². The van der Waals surface area contributed by atoms with Crippen molar-refractivity contribution >= 4 is 55.3 Å². The van der Waals surface area contributed by atoms with Crippen LogP contribution in [0.4, 0.5) is 17.1 Å². The Morgan fingerprint density at radius 3 is 2.06 bits per heavy atom. The molecule has 3 nitrogen and oxygen atoms in total. The molecule has 8 aromatic rings. The topological polar surface area (TPSA) is 25.6 Å². The van der Waals surface area contributed by atoms with Crippen molar-refractivity contribution in [1.29, 1.82) is 0 Å². The predicted molar refractivity (Wildman–Crippen MR) is 202 cm³/mol. The Kier molecular flexibility index (Phi) is 6.31. The smallest absolute Gasteiger partial charge is 0.143 e. The quantitative estimate of drug-likeness (QED) is 0.189. The summed E-state index contributed by atoms with van der Waals surface area (Å²) in [4.78, 5) is 2.36. The molecule has 0 saturated carbocycles. The number of hydrogen-bond donors (Lipinski definition) is 0. The maximum Gasteiger partial charge on any atom is 0.143 e. The summed E-state index contributed by atoms with van der Waals surface area (Å²) in [6.45, 7) is 0. The molecule has 10 rings (SSSR count). The summed E-state index contributed by atoms with van der Waals surface area (Å²) in [6.07, 6.45) is 6.81. The first-order valence-electron chi connectivity index (χ1n) is 16.8. The molecule has 0 amide bonds. The van der Waals surface area contributed by atoms with Gasteiger partial charge in [0.2, 0.25) is 0 Å². The van der Waals surface area contributed by atoms with Crippen LogP contribution in [0.2, 0.25) is 0 Å². The second-order valence-electron chi connectivity index (χ2n) is 12.8. The van der Waals surface area contributed by atoms with Crippen LogP contribution in [0.25, 0.3) is 49.4 Å². The van der Waals surface area contributed by atoms with Crippen LogP contribution in [-0.4, -0.2) is 6.10 Å². The number of fused-ring (bicyclic) bond motifs is 7. The Hall–Kier alpha value is -6.32. The van der Waals surface area contributed by atoms with E-state index in [-0.39, 0.29) is 12.0 Å². The van der Waals surface area contributed by atoms with Crippen LogP contribution in [0, 0.1) is 0 Å².